The molecule has 3 heteroatoms. The van der Waals surface area contributed by atoms with Crippen LogP contribution < -0.4 is 5.32 Å². The molecule has 0 radical (unpaired) electrons. The van der Waals surface area contributed by atoms with Crippen molar-refractivity contribution >= 4 is 11.8 Å². The Morgan fingerprint density at radius 1 is 0.522 bits per heavy atom. The summed E-state index contributed by atoms with van der Waals surface area (Å²) in [6.45, 7) is 0. The summed E-state index contributed by atoms with van der Waals surface area (Å²) in [5, 5.41) is 2.36. The Kier molecular flexibility index (Phi) is 3.05. The van der Waals surface area contributed by atoms with Gasteiger partial charge in [0.05, 0.1) is 11.1 Å². The minimum Gasteiger partial charge on any atom is -0.288 e. The van der Waals surface area contributed by atoms with E-state index in [0.717, 1.165) is 22.3 Å². The lowest BCUT2D eigenvalue weighted by molar-refractivity contribution is 0.0879. The molecule has 3 aromatic rings. The van der Waals surface area contributed by atoms with Gasteiger partial charge in [-0.05, 0) is 34.4 Å². The third kappa shape index (κ3) is 2.23. The first-order valence-electron chi connectivity index (χ1n) is 7.38. The number of benzene rings is 3. The van der Waals surface area contributed by atoms with Crippen molar-refractivity contribution in [3.05, 3.63) is 83.9 Å². The molecule has 0 spiro atoms. The highest BCUT2D eigenvalue weighted by Crippen LogP contribution is 2.35. The number of carbonyl (C=O) groups is 2. The summed E-state index contributed by atoms with van der Waals surface area (Å²) < 4.78 is 0. The summed E-state index contributed by atoms with van der Waals surface area (Å²) in [6.07, 6.45) is 0. The Bertz CT molecular complexity index is 839. The quantitative estimate of drug-likeness (QED) is 0.729. The normalized spacial score (nSPS) is 12.9. The highest BCUT2D eigenvalue weighted by Gasteiger charge is 2.28. The first-order chi connectivity index (χ1) is 11.2. The zero-order valence-electron chi connectivity index (χ0n) is 12.2. The van der Waals surface area contributed by atoms with E-state index in [4.69, 9.17) is 0 Å². The van der Waals surface area contributed by atoms with E-state index in [0.29, 0.717) is 11.1 Å². The Hall–Kier alpha value is -3.20. The lowest BCUT2D eigenvalue weighted by Crippen LogP contribution is -2.19. The molecule has 1 heterocycles. The monoisotopic (exact) mass is 299 g/mol. The fourth-order valence-electron chi connectivity index (χ4n) is 2.93. The molecule has 3 nitrogen and oxygen atoms in total. The summed E-state index contributed by atoms with van der Waals surface area (Å²) in [5.41, 5.74) is 4.80. The van der Waals surface area contributed by atoms with E-state index in [1.165, 1.54) is 0 Å². The molecule has 0 unspecified atom stereocenters. The first-order valence-corrected chi connectivity index (χ1v) is 7.38. The number of amides is 2. The largest absolute Gasteiger partial charge is 0.288 e. The number of hydrogen-bond donors (Lipinski definition) is 1. The molecule has 0 atom stereocenters. The SMILES string of the molecule is O=C1NC(=O)c2cc(-c3ccccc3)c(-c3ccccc3)cc21. The van der Waals surface area contributed by atoms with E-state index >= 15 is 0 Å². The molecule has 0 aliphatic carbocycles. The summed E-state index contributed by atoms with van der Waals surface area (Å²) in [4.78, 5) is 24.0. The fraction of sp³-hybridized carbons (Fsp3) is 0. The van der Waals surface area contributed by atoms with E-state index in [2.05, 4.69) is 5.32 Å². The van der Waals surface area contributed by atoms with Crippen LogP contribution in [0, 0.1) is 0 Å². The molecule has 1 N–H and O–H groups in total. The molecule has 4 rings (SSSR count). The van der Waals surface area contributed by atoms with Crippen LogP contribution in [0.5, 0.6) is 0 Å². The molecule has 2 amide bonds. The Morgan fingerprint density at radius 3 is 1.30 bits per heavy atom. The molecular formula is C20H13NO2. The van der Waals surface area contributed by atoms with E-state index in [-0.39, 0.29) is 11.8 Å². The summed E-state index contributed by atoms with van der Waals surface area (Å²) >= 11 is 0. The Labute approximate surface area is 133 Å². The number of nitrogens with one attached hydrogen (secondary N) is 1. The van der Waals surface area contributed by atoms with E-state index in [9.17, 15) is 9.59 Å². The molecule has 3 aromatic carbocycles. The fourth-order valence-corrected chi connectivity index (χ4v) is 2.93. The Balaban J connectivity index is 2.02. The molecule has 0 saturated heterocycles. The van der Waals surface area contributed by atoms with Crippen LogP contribution in [0.4, 0.5) is 0 Å². The molecule has 0 saturated carbocycles. The Morgan fingerprint density at radius 2 is 0.913 bits per heavy atom. The molecule has 23 heavy (non-hydrogen) atoms. The van der Waals surface area contributed by atoms with Crippen molar-refractivity contribution in [2.24, 2.45) is 0 Å². The number of hydrogen-bond acceptors (Lipinski definition) is 2. The molecular weight excluding hydrogens is 286 g/mol. The van der Waals surface area contributed by atoms with Gasteiger partial charge in [-0.2, -0.15) is 0 Å². The van der Waals surface area contributed by atoms with Crippen molar-refractivity contribution in [3.8, 4) is 22.3 Å². The van der Waals surface area contributed by atoms with Gasteiger partial charge < -0.3 is 0 Å². The van der Waals surface area contributed by atoms with Gasteiger partial charge >= 0.3 is 0 Å². The van der Waals surface area contributed by atoms with Gasteiger partial charge in [0.15, 0.2) is 0 Å². The van der Waals surface area contributed by atoms with Crippen molar-refractivity contribution in [1.82, 2.24) is 5.32 Å². The van der Waals surface area contributed by atoms with Crippen LogP contribution in [0.1, 0.15) is 20.7 Å². The van der Waals surface area contributed by atoms with Gasteiger partial charge in [0.1, 0.15) is 0 Å². The minimum absolute atomic E-state index is 0.332. The third-order valence-corrected chi connectivity index (χ3v) is 4.04. The zero-order valence-corrected chi connectivity index (χ0v) is 12.2. The van der Waals surface area contributed by atoms with Crippen molar-refractivity contribution in [2.45, 2.75) is 0 Å². The first kappa shape index (κ1) is 13.5. The lowest BCUT2D eigenvalue weighted by atomic mass is 9.90. The topological polar surface area (TPSA) is 46.2 Å². The standard InChI is InChI=1S/C20H13NO2/c22-19-17-11-15(13-7-3-1-4-8-13)16(12-18(17)20(23)21-19)14-9-5-2-6-10-14/h1-12H,(H,21,22,23). The second-order valence-electron chi connectivity index (χ2n) is 5.46. The minimum atomic E-state index is -0.332. The van der Waals surface area contributed by atoms with Crippen molar-refractivity contribution in [2.75, 3.05) is 0 Å². The van der Waals surface area contributed by atoms with Gasteiger partial charge in [0.2, 0.25) is 0 Å². The van der Waals surface area contributed by atoms with Gasteiger partial charge in [0, 0.05) is 0 Å². The maximum Gasteiger partial charge on any atom is 0.258 e. The van der Waals surface area contributed by atoms with Crippen LogP contribution in [0.3, 0.4) is 0 Å². The van der Waals surface area contributed by atoms with E-state index < -0.39 is 0 Å². The van der Waals surface area contributed by atoms with Crippen molar-refractivity contribution < 1.29 is 9.59 Å². The maximum atomic E-state index is 12.0. The highest BCUT2D eigenvalue weighted by molar-refractivity contribution is 6.22. The zero-order chi connectivity index (χ0) is 15.8. The smallest absolute Gasteiger partial charge is 0.258 e. The van der Waals surface area contributed by atoms with Crippen LogP contribution >= 0.6 is 0 Å². The number of rotatable bonds is 2. The summed E-state index contributed by atoms with van der Waals surface area (Å²) in [7, 11) is 0. The number of fused-ring (bicyclic) bond motifs is 1. The van der Waals surface area contributed by atoms with Gasteiger partial charge in [-0.25, -0.2) is 0 Å². The molecule has 1 aliphatic rings. The highest BCUT2D eigenvalue weighted by atomic mass is 16.2. The second kappa shape index (κ2) is 5.21. The second-order valence-corrected chi connectivity index (χ2v) is 5.46. The predicted octanol–water partition coefficient (Wildman–Crippen LogP) is 3.90. The van der Waals surface area contributed by atoms with Crippen molar-refractivity contribution in [1.29, 1.82) is 0 Å². The van der Waals surface area contributed by atoms with Gasteiger partial charge in [-0.15, -0.1) is 0 Å². The molecule has 1 aliphatic heterocycles. The van der Waals surface area contributed by atoms with Crippen molar-refractivity contribution in [3.63, 3.8) is 0 Å². The van der Waals surface area contributed by atoms with Crippen LogP contribution in [-0.2, 0) is 0 Å². The van der Waals surface area contributed by atoms with Crippen LogP contribution in [-0.4, -0.2) is 11.8 Å². The van der Waals surface area contributed by atoms with Crippen LogP contribution in [0.15, 0.2) is 72.8 Å². The molecule has 0 bridgehead atoms. The average molecular weight is 299 g/mol. The maximum absolute atomic E-state index is 12.0. The van der Waals surface area contributed by atoms with E-state index in [1.54, 1.807) is 0 Å². The van der Waals surface area contributed by atoms with Gasteiger partial charge in [-0.1, -0.05) is 60.7 Å². The molecule has 110 valence electrons. The predicted molar refractivity (Wildman–Crippen MR) is 89.1 cm³/mol. The van der Waals surface area contributed by atoms with Crippen LogP contribution in [0.25, 0.3) is 22.3 Å². The average Bonchev–Trinajstić information content (AvgIpc) is 2.89. The molecule has 0 aromatic heterocycles. The summed E-state index contributed by atoms with van der Waals surface area (Å²) in [6, 6.07) is 23.4. The third-order valence-electron chi connectivity index (χ3n) is 4.04. The van der Waals surface area contributed by atoms with E-state index in [1.807, 2.05) is 72.8 Å². The van der Waals surface area contributed by atoms with Gasteiger partial charge in [0.25, 0.3) is 11.8 Å². The number of imide groups is 1. The van der Waals surface area contributed by atoms with Gasteiger partial charge in [-0.3, -0.25) is 14.9 Å². The summed E-state index contributed by atoms with van der Waals surface area (Å²) in [5.74, 6) is -0.663. The van der Waals surface area contributed by atoms with Crippen LogP contribution in [0.2, 0.25) is 0 Å². The molecule has 0 fully saturated rings. The number of carbonyl (C=O) groups excluding carboxylic acids is 2. The lowest BCUT2D eigenvalue weighted by Gasteiger charge is -2.12.